The van der Waals surface area contributed by atoms with E-state index in [9.17, 15) is 9.59 Å². The summed E-state index contributed by atoms with van der Waals surface area (Å²) in [4.78, 5) is 26.8. The van der Waals surface area contributed by atoms with E-state index in [2.05, 4.69) is 20.0 Å². The van der Waals surface area contributed by atoms with Crippen molar-refractivity contribution in [2.24, 2.45) is 0 Å². The van der Waals surface area contributed by atoms with Crippen molar-refractivity contribution < 1.29 is 9.53 Å². The highest BCUT2D eigenvalue weighted by atomic mass is 16.5. The summed E-state index contributed by atoms with van der Waals surface area (Å²) in [6.45, 7) is 0.274. The third-order valence-electron chi connectivity index (χ3n) is 2.17. The third-order valence-corrected chi connectivity index (χ3v) is 2.17. The predicted octanol–water partition coefficient (Wildman–Crippen LogP) is -0.199. The van der Waals surface area contributed by atoms with E-state index in [0.717, 1.165) is 5.56 Å². The number of nitrogens with one attached hydrogen (secondary N) is 1. The average Bonchev–Trinajstić information content (AvgIpc) is 2.72. The number of rotatable bonds is 3. The number of hydrogen-bond donors (Lipinski definition) is 1. The molecule has 0 saturated heterocycles. The second-order valence-corrected chi connectivity index (χ2v) is 3.30. The molecule has 0 amide bonds. The fourth-order valence-electron chi connectivity index (χ4n) is 1.34. The quantitative estimate of drug-likeness (QED) is 0.743. The SMILES string of the molecule is COC(=O)c1n[nH]n(Cc2cccnc2)c1=O. The molecule has 0 spiro atoms. The summed E-state index contributed by atoms with van der Waals surface area (Å²) < 4.78 is 5.65. The number of ether oxygens (including phenoxy) is 1. The van der Waals surface area contributed by atoms with Crippen LogP contribution in [0.25, 0.3) is 0 Å². The van der Waals surface area contributed by atoms with Crippen LogP contribution >= 0.6 is 0 Å². The molecule has 17 heavy (non-hydrogen) atoms. The summed E-state index contributed by atoms with van der Waals surface area (Å²) in [6, 6.07) is 3.58. The van der Waals surface area contributed by atoms with E-state index in [-0.39, 0.29) is 12.2 Å². The molecule has 0 unspecified atom stereocenters. The van der Waals surface area contributed by atoms with Crippen molar-refractivity contribution in [3.8, 4) is 0 Å². The molecule has 2 aromatic heterocycles. The van der Waals surface area contributed by atoms with Crippen LogP contribution < -0.4 is 5.56 Å². The fraction of sp³-hybridized carbons (Fsp3) is 0.200. The predicted molar refractivity (Wildman–Crippen MR) is 57.5 cm³/mol. The van der Waals surface area contributed by atoms with Gasteiger partial charge in [-0.1, -0.05) is 6.07 Å². The van der Waals surface area contributed by atoms with Crippen LogP contribution in [-0.4, -0.2) is 33.1 Å². The van der Waals surface area contributed by atoms with Gasteiger partial charge in [-0.05, 0) is 11.6 Å². The molecule has 0 aliphatic carbocycles. The van der Waals surface area contributed by atoms with Crippen LogP contribution in [0.15, 0.2) is 29.3 Å². The van der Waals surface area contributed by atoms with Crippen molar-refractivity contribution in [3.63, 3.8) is 0 Å². The van der Waals surface area contributed by atoms with Crippen LogP contribution in [0.5, 0.6) is 0 Å². The molecule has 0 aliphatic heterocycles. The number of hydrogen-bond acceptors (Lipinski definition) is 5. The van der Waals surface area contributed by atoms with E-state index in [1.165, 1.54) is 11.8 Å². The molecule has 0 radical (unpaired) electrons. The van der Waals surface area contributed by atoms with Crippen LogP contribution in [0.1, 0.15) is 16.1 Å². The lowest BCUT2D eigenvalue weighted by Crippen LogP contribution is -2.22. The molecule has 88 valence electrons. The van der Waals surface area contributed by atoms with Gasteiger partial charge >= 0.3 is 11.5 Å². The van der Waals surface area contributed by atoms with Gasteiger partial charge in [-0.3, -0.25) is 9.78 Å². The molecule has 0 saturated carbocycles. The molecule has 0 bridgehead atoms. The van der Waals surface area contributed by atoms with Crippen molar-refractivity contribution in [2.45, 2.75) is 6.54 Å². The number of esters is 1. The molecular formula is C10H10N4O3. The smallest absolute Gasteiger partial charge is 0.364 e. The van der Waals surface area contributed by atoms with Crippen molar-refractivity contribution >= 4 is 5.97 Å². The van der Waals surface area contributed by atoms with Crippen LogP contribution in [0.2, 0.25) is 0 Å². The molecule has 2 heterocycles. The molecule has 7 nitrogen and oxygen atoms in total. The van der Waals surface area contributed by atoms with Crippen molar-refractivity contribution in [2.75, 3.05) is 7.11 Å². The van der Waals surface area contributed by atoms with Gasteiger partial charge in [0, 0.05) is 12.4 Å². The first-order chi connectivity index (χ1) is 8.22. The summed E-state index contributed by atoms with van der Waals surface area (Å²) >= 11 is 0. The molecule has 1 N–H and O–H groups in total. The second kappa shape index (κ2) is 4.60. The minimum atomic E-state index is -0.754. The zero-order valence-corrected chi connectivity index (χ0v) is 9.08. The third kappa shape index (κ3) is 2.22. The monoisotopic (exact) mass is 234 g/mol. The molecule has 2 rings (SSSR count). The van der Waals surface area contributed by atoms with Crippen LogP contribution in [0.4, 0.5) is 0 Å². The number of carbonyl (C=O) groups excluding carboxylic acids is 1. The number of H-pyrrole nitrogens is 1. The van der Waals surface area contributed by atoms with Gasteiger partial charge in [0.1, 0.15) is 0 Å². The molecule has 0 aromatic carbocycles. The highest BCUT2D eigenvalue weighted by Crippen LogP contribution is 1.97. The van der Waals surface area contributed by atoms with Crippen LogP contribution in [0, 0.1) is 0 Å². The van der Waals surface area contributed by atoms with Crippen molar-refractivity contribution in [1.29, 1.82) is 0 Å². The largest absolute Gasteiger partial charge is 0.464 e. The molecule has 2 aromatic rings. The summed E-state index contributed by atoms with van der Waals surface area (Å²) in [6.07, 6.45) is 3.27. The van der Waals surface area contributed by atoms with Crippen LogP contribution in [0.3, 0.4) is 0 Å². The number of aromatic nitrogens is 4. The first-order valence-electron chi connectivity index (χ1n) is 4.85. The molecule has 0 fully saturated rings. The number of pyridine rings is 1. The Hall–Kier alpha value is -2.44. The van der Waals surface area contributed by atoms with E-state index in [1.54, 1.807) is 18.5 Å². The fourth-order valence-corrected chi connectivity index (χ4v) is 1.34. The van der Waals surface area contributed by atoms with Gasteiger partial charge in [0.2, 0.25) is 5.69 Å². The number of aromatic amines is 1. The Labute approximate surface area is 96.0 Å². The normalized spacial score (nSPS) is 10.2. The minimum Gasteiger partial charge on any atom is -0.464 e. The molecular weight excluding hydrogens is 224 g/mol. The van der Waals surface area contributed by atoms with Gasteiger partial charge in [-0.15, -0.1) is 5.10 Å². The summed E-state index contributed by atoms with van der Waals surface area (Å²) in [5.41, 5.74) is 0.0618. The van der Waals surface area contributed by atoms with Gasteiger partial charge < -0.3 is 4.74 Å². The zero-order valence-electron chi connectivity index (χ0n) is 9.08. The first kappa shape index (κ1) is 11.1. The Bertz CT molecular complexity index is 573. The topological polar surface area (TPSA) is 89.9 Å². The number of methoxy groups -OCH3 is 1. The first-order valence-corrected chi connectivity index (χ1v) is 4.85. The van der Waals surface area contributed by atoms with Gasteiger partial charge in [-0.25, -0.2) is 14.7 Å². The summed E-state index contributed by atoms with van der Waals surface area (Å²) in [7, 11) is 1.20. The zero-order chi connectivity index (χ0) is 12.3. The Morgan fingerprint density at radius 3 is 3.06 bits per heavy atom. The lowest BCUT2D eigenvalue weighted by molar-refractivity contribution is 0.0592. The van der Waals surface area contributed by atoms with E-state index in [4.69, 9.17) is 0 Å². The Morgan fingerprint density at radius 2 is 2.41 bits per heavy atom. The van der Waals surface area contributed by atoms with E-state index in [1.807, 2.05) is 6.07 Å². The molecule has 0 atom stereocenters. The van der Waals surface area contributed by atoms with E-state index in [0.29, 0.717) is 0 Å². The number of nitrogens with zero attached hydrogens (tertiary/aromatic N) is 3. The lowest BCUT2D eigenvalue weighted by Gasteiger charge is -1.99. The highest BCUT2D eigenvalue weighted by molar-refractivity contribution is 5.86. The number of carbonyl (C=O) groups is 1. The van der Waals surface area contributed by atoms with Gasteiger partial charge in [-0.2, -0.15) is 0 Å². The second-order valence-electron chi connectivity index (χ2n) is 3.30. The van der Waals surface area contributed by atoms with Gasteiger partial charge in [0.05, 0.1) is 13.7 Å². The molecule has 7 heteroatoms. The lowest BCUT2D eigenvalue weighted by atomic mass is 10.3. The maximum atomic E-state index is 11.7. The Morgan fingerprint density at radius 1 is 1.59 bits per heavy atom. The summed E-state index contributed by atoms with van der Waals surface area (Å²) in [5.74, 6) is -0.754. The van der Waals surface area contributed by atoms with Crippen molar-refractivity contribution in [3.05, 3.63) is 46.1 Å². The standard InChI is InChI=1S/C10H10N4O3/c1-17-10(16)8-9(15)14(13-12-8)6-7-3-2-4-11-5-7/h2-5,13H,6H2,1H3. The van der Waals surface area contributed by atoms with E-state index < -0.39 is 11.5 Å². The van der Waals surface area contributed by atoms with Gasteiger partial charge in [0.15, 0.2) is 0 Å². The Balaban J connectivity index is 2.27. The van der Waals surface area contributed by atoms with Crippen LogP contribution in [-0.2, 0) is 11.3 Å². The molecule has 0 aliphatic rings. The maximum Gasteiger partial charge on any atom is 0.364 e. The van der Waals surface area contributed by atoms with E-state index >= 15 is 0 Å². The Kier molecular flexibility index (Phi) is 2.99. The highest BCUT2D eigenvalue weighted by Gasteiger charge is 2.16. The van der Waals surface area contributed by atoms with Crippen molar-refractivity contribution in [1.82, 2.24) is 20.0 Å². The maximum absolute atomic E-state index is 11.7. The average molecular weight is 234 g/mol. The van der Waals surface area contributed by atoms with Gasteiger partial charge in [0.25, 0.3) is 0 Å². The summed E-state index contributed by atoms with van der Waals surface area (Å²) in [5, 5.41) is 6.08. The minimum absolute atomic E-state index is 0.253.